The molecule has 0 aromatic heterocycles. The van der Waals surface area contributed by atoms with E-state index in [1.807, 2.05) is 37.3 Å². The van der Waals surface area contributed by atoms with Crippen molar-refractivity contribution in [1.29, 1.82) is 0 Å². The maximum Gasteiger partial charge on any atom is 0.413 e. The van der Waals surface area contributed by atoms with E-state index in [9.17, 15) is 19.5 Å². The summed E-state index contributed by atoms with van der Waals surface area (Å²) in [5, 5.41) is 13.5. The van der Waals surface area contributed by atoms with Crippen molar-refractivity contribution >= 4 is 18.0 Å². The Bertz CT molecular complexity index is 776. The van der Waals surface area contributed by atoms with Gasteiger partial charge in [-0.25, -0.2) is 9.59 Å². The number of methoxy groups -OCH3 is 1. The number of alkyl carbamates (subject to hydrolysis) is 1. The van der Waals surface area contributed by atoms with Crippen LogP contribution in [-0.4, -0.2) is 59.1 Å². The van der Waals surface area contributed by atoms with Crippen molar-refractivity contribution in [1.82, 2.24) is 10.2 Å². The predicted molar refractivity (Wildman–Crippen MR) is 125 cm³/mol. The summed E-state index contributed by atoms with van der Waals surface area (Å²) in [5.74, 6) is -3.98. The van der Waals surface area contributed by atoms with E-state index in [-0.39, 0.29) is 12.5 Å². The number of nitrogens with one attached hydrogen (secondary N) is 1. The lowest BCUT2D eigenvalue weighted by Crippen LogP contribution is -2.69. The second-order valence-electron chi connectivity index (χ2n) is 9.16. The third-order valence-corrected chi connectivity index (χ3v) is 5.28. The molecule has 0 fully saturated rings. The molecule has 2 amide bonds. The van der Waals surface area contributed by atoms with Gasteiger partial charge in [0.05, 0.1) is 7.11 Å². The fourth-order valence-corrected chi connectivity index (χ4v) is 3.21. The van der Waals surface area contributed by atoms with Crippen LogP contribution in [-0.2, 0) is 20.7 Å². The first-order valence-corrected chi connectivity index (χ1v) is 11.3. The molecule has 0 heterocycles. The Morgan fingerprint density at radius 3 is 2.27 bits per heavy atom. The standard InChI is InChI=1S/C24H39N3O6/c1-7-17(2)19(26-21(29)32-6)20(28)24(25,31)27(22(30)33-23(3,4)5)16-12-11-15-18-13-9-8-10-14-18/h8-10,13-14,17,19,31H,7,11-12,15-16,25H2,1-6H3,(H,26,29)/t17-,19-,24-/m0/s1. The number of hydrogen-bond donors (Lipinski definition) is 3. The van der Waals surface area contributed by atoms with Gasteiger partial charge in [-0.3, -0.25) is 15.4 Å². The van der Waals surface area contributed by atoms with Crippen molar-refractivity contribution in [3.05, 3.63) is 35.9 Å². The number of amides is 2. The van der Waals surface area contributed by atoms with Gasteiger partial charge in [-0.05, 0) is 51.5 Å². The van der Waals surface area contributed by atoms with Crippen LogP contribution in [0.3, 0.4) is 0 Å². The predicted octanol–water partition coefficient (Wildman–Crippen LogP) is 3.19. The minimum absolute atomic E-state index is 0.00800. The molecule has 0 bridgehead atoms. The number of nitrogens with two attached hydrogens (primary N) is 1. The normalized spacial score (nSPS) is 15.0. The number of benzene rings is 1. The van der Waals surface area contributed by atoms with Gasteiger partial charge in [0.15, 0.2) is 0 Å². The zero-order valence-electron chi connectivity index (χ0n) is 20.6. The number of Topliss-reactive ketones (excluding diaryl/α,β-unsaturated/α-hetero) is 1. The third-order valence-electron chi connectivity index (χ3n) is 5.28. The summed E-state index contributed by atoms with van der Waals surface area (Å²) in [7, 11) is 1.17. The average Bonchev–Trinajstić information content (AvgIpc) is 2.75. The molecule has 0 unspecified atom stereocenters. The van der Waals surface area contributed by atoms with Crippen LogP contribution in [0.2, 0.25) is 0 Å². The summed E-state index contributed by atoms with van der Waals surface area (Å²) in [6.45, 7) is 8.58. The van der Waals surface area contributed by atoms with Gasteiger partial charge >= 0.3 is 12.2 Å². The Balaban J connectivity index is 3.08. The minimum atomic E-state index is -2.69. The molecule has 0 saturated heterocycles. The van der Waals surface area contributed by atoms with Crippen LogP contribution in [0.25, 0.3) is 0 Å². The lowest BCUT2D eigenvalue weighted by Gasteiger charge is -2.38. The van der Waals surface area contributed by atoms with Crippen molar-refractivity contribution in [2.24, 2.45) is 11.7 Å². The summed E-state index contributed by atoms with van der Waals surface area (Å²) in [4.78, 5) is 38.8. The Hall–Kier alpha value is -2.65. The molecule has 4 N–H and O–H groups in total. The molecule has 0 saturated carbocycles. The van der Waals surface area contributed by atoms with Crippen molar-refractivity contribution in [3.8, 4) is 0 Å². The van der Waals surface area contributed by atoms with Crippen LogP contribution in [0.4, 0.5) is 9.59 Å². The van der Waals surface area contributed by atoms with E-state index in [4.69, 9.17) is 10.5 Å². The van der Waals surface area contributed by atoms with Crippen LogP contribution in [0.5, 0.6) is 0 Å². The second kappa shape index (κ2) is 12.6. The smallest absolute Gasteiger partial charge is 0.413 e. The molecule has 33 heavy (non-hydrogen) atoms. The van der Waals surface area contributed by atoms with Gasteiger partial charge in [0.1, 0.15) is 11.6 Å². The van der Waals surface area contributed by atoms with E-state index >= 15 is 0 Å². The van der Waals surface area contributed by atoms with Crippen LogP contribution in [0.1, 0.15) is 59.4 Å². The Morgan fingerprint density at radius 1 is 1.15 bits per heavy atom. The Kier molecular flexibility index (Phi) is 10.8. The summed E-state index contributed by atoms with van der Waals surface area (Å²) < 4.78 is 10.0. The van der Waals surface area contributed by atoms with Gasteiger partial charge < -0.3 is 19.9 Å². The van der Waals surface area contributed by atoms with Gasteiger partial charge in [0.2, 0.25) is 5.78 Å². The van der Waals surface area contributed by atoms with Gasteiger partial charge in [0.25, 0.3) is 5.85 Å². The lowest BCUT2D eigenvalue weighted by molar-refractivity contribution is -0.161. The quantitative estimate of drug-likeness (QED) is 0.338. The molecule has 3 atom stereocenters. The fraction of sp³-hybridized carbons (Fsp3) is 0.625. The van der Waals surface area contributed by atoms with Crippen molar-refractivity contribution in [3.63, 3.8) is 0 Å². The van der Waals surface area contributed by atoms with Crippen LogP contribution < -0.4 is 11.1 Å². The van der Waals surface area contributed by atoms with Gasteiger partial charge in [-0.2, -0.15) is 0 Å². The number of unbranched alkanes of at least 4 members (excludes halogenated alkanes) is 1. The van der Waals surface area contributed by atoms with Crippen molar-refractivity contribution < 1.29 is 29.0 Å². The number of aryl methyl sites for hydroxylation is 1. The van der Waals surface area contributed by atoms with E-state index in [1.165, 1.54) is 7.11 Å². The fourth-order valence-electron chi connectivity index (χ4n) is 3.21. The average molecular weight is 466 g/mol. The maximum atomic E-state index is 13.3. The number of hydrogen-bond acceptors (Lipinski definition) is 7. The number of ketones is 1. The number of carbonyl (C=O) groups excluding carboxylic acids is 3. The summed E-state index contributed by atoms with van der Waals surface area (Å²) >= 11 is 0. The molecule has 9 nitrogen and oxygen atoms in total. The molecule has 186 valence electrons. The second-order valence-corrected chi connectivity index (χ2v) is 9.16. The largest absolute Gasteiger partial charge is 0.453 e. The third kappa shape index (κ3) is 9.01. The molecule has 9 heteroatoms. The highest BCUT2D eigenvalue weighted by molar-refractivity contribution is 5.95. The highest BCUT2D eigenvalue weighted by atomic mass is 16.6. The first kappa shape index (κ1) is 28.4. The summed E-state index contributed by atoms with van der Waals surface area (Å²) in [6.07, 6.45) is 0.694. The molecule has 0 radical (unpaired) electrons. The first-order chi connectivity index (χ1) is 15.3. The Morgan fingerprint density at radius 2 is 1.76 bits per heavy atom. The van der Waals surface area contributed by atoms with E-state index in [0.29, 0.717) is 19.3 Å². The van der Waals surface area contributed by atoms with E-state index in [0.717, 1.165) is 16.9 Å². The molecule has 0 aliphatic heterocycles. The first-order valence-electron chi connectivity index (χ1n) is 11.3. The zero-order valence-corrected chi connectivity index (χ0v) is 20.6. The van der Waals surface area contributed by atoms with Gasteiger partial charge in [0, 0.05) is 6.54 Å². The molecular weight excluding hydrogens is 426 g/mol. The van der Waals surface area contributed by atoms with Crippen molar-refractivity contribution in [2.75, 3.05) is 13.7 Å². The monoisotopic (exact) mass is 465 g/mol. The molecule has 0 aliphatic rings. The highest BCUT2D eigenvalue weighted by Crippen LogP contribution is 2.21. The minimum Gasteiger partial charge on any atom is -0.453 e. The number of rotatable bonds is 11. The topological polar surface area (TPSA) is 131 Å². The highest BCUT2D eigenvalue weighted by Gasteiger charge is 2.47. The number of carbonyl (C=O) groups is 3. The number of ether oxygens (including phenoxy) is 2. The molecule has 0 spiro atoms. The lowest BCUT2D eigenvalue weighted by atomic mass is 9.92. The van der Waals surface area contributed by atoms with Crippen LogP contribution in [0, 0.1) is 5.92 Å². The number of nitrogens with zero attached hydrogens (tertiary/aromatic N) is 1. The zero-order chi connectivity index (χ0) is 25.2. The summed E-state index contributed by atoms with van der Waals surface area (Å²) in [5.41, 5.74) is 6.34. The van der Waals surface area contributed by atoms with Crippen LogP contribution in [0.15, 0.2) is 30.3 Å². The maximum absolute atomic E-state index is 13.3. The molecule has 1 rings (SSSR count). The van der Waals surface area contributed by atoms with Gasteiger partial charge in [-0.1, -0.05) is 50.6 Å². The van der Waals surface area contributed by atoms with Gasteiger partial charge in [-0.15, -0.1) is 0 Å². The van der Waals surface area contributed by atoms with E-state index in [2.05, 4.69) is 10.1 Å². The van der Waals surface area contributed by atoms with E-state index in [1.54, 1.807) is 27.7 Å². The van der Waals surface area contributed by atoms with E-state index < -0.39 is 35.5 Å². The Labute approximate surface area is 196 Å². The summed E-state index contributed by atoms with van der Waals surface area (Å²) in [6, 6.07) is 8.68. The number of aliphatic hydroxyl groups is 1. The molecular formula is C24H39N3O6. The SMILES string of the molecule is CC[C@H](C)[C@H](NC(=O)OC)C(=O)[C@@](N)(O)N(CCCCc1ccccc1)C(=O)OC(C)(C)C. The van der Waals surface area contributed by atoms with Crippen LogP contribution >= 0.6 is 0 Å². The van der Waals surface area contributed by atoms with Crippen molar-refractivity contribution in [2.45, 2.75) is 77.8 Å². The molecule has 0 aliphatic carbocycles. The molecule has 1 aromatic carbocycles. The molecule has 1 aromatic rings.